The lowest BCUT2D eigenvalue weighted by Crippen LogP contribution is -1.91. The number of aromatic amines is 2. The summed E-state index contributed by atoms with van der Waals surface area (Å²) < 4.78 is 0. The maximum Gasteiger partial charge on any atom is 0.138 e. The lowest BCUT2D eigenvalue weighted by molar-refractivity contribution is 0.473. The van der Waals surface area contributed by atoms with Crippen LogP contribution >= 0.6 is 0 Å². The fraction of sp³-hybridized carbons (Fsp3) is 0.0286. The zero-order chi connectivity index (χ0) is 28.5. The summed E-state index contributed by atoms with van der Waals surface area (Å²) >= 11 is 0. The Hall–Kier alpha value is -5.82. The highest BCUT2D eigenvalue weighted by atomic mass is 16.3. The van der Waals surface area contributed by atoms with E-state index >= 15 is 0 Å². The van der Waals surface area contributed by atoms with Crippen molar-refractivity contribution in [1.82, 2.24) is 19.9 Å². The number of nitrogens with one attached hydrogen (secondary N) is 2. The zero-order valence-electron chi connectivity index (χ0n) is 22.8. The summed E-state index contributed by atoms with van der Waals surface area (Å²) in [6.07, 6.45) is 3.36. The second-order valence-corrected chi connectivity index (χ2v) is 10.1. The summed E-state index contributed by atoms with van der Waals surface area (Å²) in [7, 11) is 0. The second kappa shape index (κ2) is 10.6. The molecular formula is C35H26N6O. The van der Waals surface area contributed by atoms with Gasteiger partial charge in [-0.25, -0.2) is 9.97 Å². The number of fused-ring (bicyclic) bond motifs is 2. The van der Waals surface area contributed by atoms with Crippen molar-refractivity contribution in [3.63, 3.8) is 0 Å². The number of para-hydroxylation sites is 4. The topological polar surface area (TPSA) is 102 Å². The van der Waals surface area contributed by atoms with Gasteiger partial charge in [-0.15, -0.1) is 0 Å². The van der Waals surface area contributed by atoms with Crippen LogP contribution in [0.4, 0.5) is 11.4 Å². The van der Waals surface area contributed by atoms with Gasteiger partial charge in [0.1, 0.15) is 17.4 Å². The number of phenolic OH excluding ortho intramolecular Hbond substituents is 1. The standard InChI is InChI=1S/C35H26N6O/c1-22-18-25(20-36-27-14-10-23(11-15-27)34-38-29-6-2-3-7-30(29)39-34)33(42)26(19-22)21-37-28-16-12-24(13-17-28)35-40-31-8-4-5-9-32(31)41-35/h2-21,42H,1H3,(H,38,39)(H,40,41). The van der Waals surface area contributed by atoms with E-state index in [1.807, 2.05) is 116 Å². The molecule has 0 spiro atoms. The molecule has 0 bridgehead atoms. The summed E-state index contributed by atoms with van der Waals surface area (Å²) in [5.74, 6) is 1.76. The third-order valence-corrected chi connectivity index (χ3v) is 7.08. The van der Waals surface area contributed by atoms with Gasteiger partial charge in [-0.3, -0.25) is 9.98 Å². The Labute approximate surface area is 242 Å². The third-order valence-electron chi connectivity index (χ3n) is 7.08. The van der Waals surface area contributed by atoms with E-state index in [0.29, 0.717) is 11.1 Å². The fourth-order valence-electron chi connectivity index (χ4n) is 4.91. The van der Waals surface area contributed by atoms with Crippen LogP contribution in [0.5, 0.6) is 5.75 Å². The van der Waals surface area contributed by atoms with Gasteiger partial charge >= 0.3 is 0 Å². The largest absolute Gasteiger partial charge is 0.507 e. The first-order valence-corrected chi connectivity index (χ1v) is 13.6. The molecule has 0 amide bonds. The Morgan fingerprint density at radius 1 is 0.595 bits per heavy atom. The molecule has 0 fully saturated rings. The monoisotopic (exact) mass is 546 g/mol. The van der Waals surface area contributed by atoms with E-state index in [4.69, 9.17) is 0 Å². The zero-order valence-corrected chi connectivity index (χ0v) is 22.8. The molecule has 7 rings (SSSR count). The number of aliphatic imine (C=N–C) groups is 2. The maximum atomic E-state index is 11.0. The number of H-pyrrole nitrogens is 2. The first kappa shape index (κ1) is 25.2. The average Bonchev–Trinajstić information content (AvgIpc) is 3.66. The summed E-state index contributed by atoms with van der Waals surface area (Å²) in [4.78, 5) is 25.2. The molecule has 5 aromatic carbocycles. The molecule has 7 nitrogen and oxygen atoms in total. The number of rotatable bonds is 6. The van der Waals surface area contributed by atoms with Gasteiger partial charge < -0.3 is 15.1 Å². The Kier molecular flexibility index (Phi) is 6.37. The van der Waals surface area contributed by atoms with Crippen LogP contribution in [-0.4, -0.2) is 37.5 Å². The van der Waals surface area contributed by atoms with E-state index in [1.54, 1.807) is 12.4 Å². The molecule has 0 aliphatic rings. The molecule has 0 saturated heterocycles. The second-order valence-electron chi connectivity index (χ2n) is 10.1. The third kappa shape index (κ3) is 5.07. The van der Waals surface area contributed by atoms with Gasteiger partial charge in [0.25, 0.3) is 0 Å². The van der Waals surface area contributed by atoms with Gasteiger partial charge in [0.15, 0.2) is 0 Å². The van der Waals surface area contributed by atoms with Crippen LogP contribution in [0.15, 0.2) is 119 Å². The molecule has 7 heteroatoms. The highest BCUT2D eigenvalue weighted by molar-refractivity contribution is 5.94. The molecule has 42 heavy (non-hydrogen) atoms. The van der Waals surface area contributed by atoms with Crippen molar-refractivity contribution < 1.29 is 5.11 Å². The maximum absolute atomic E-state index is 11.0. The molecule has 3 N–H and O–H groups in total. The van der Waals surface area contributed by atoms with Crippen molar-refractivity contribution in [1.29, 1.82) is 0 Å². The van der Waals surface area contributed by atoms with Gasteiger partial charge in [0, 0.05) is 34.7 Å². The highest BCUT2D eigenvalue weighted by Gasteiger charge is 2.08. The Morgan fingerprint density at radius 3 is 1.45 bits per heavy atom. The lowest BCUT2D eigenvalue weighted by Gasteiger charge is -2.06. The first-order chi connectivity index (χ1) is 20.6. The van der Waals surface area contributed by atoms with E-state index in [9.17, 15) is 5.11 Å². The number of nitrogens with zero attached hydrogens (tertiary/aromatic N) is 4. The number of aryl methyl sites for hydroxylation is 1. The van der Waals surface area contributed by atoms with E-state index in [0.717, 1.165) is 61.8 Å². The van der Waals surface area contributed by atoms with Crippen molar-refractivity contribution in [2.24, 2.45) is 9.98 Å². The molecule has 0 radical (unpaired) electrons. The molecule has 7 aromatic rings. The number of aromatic nitrogens is 4. The van der Waals surface area contributed by atoms with Crippen molar-refractivity contribution in [3.8, 4) is 28.5 Å². The quantitative estimate of drug-likeness (QED) is 0.183. The van der Waals surface area contributed by atoms with Crippen LogP contribution in [0.1, 0.15) is 16.7 Å². The molecule has 202 valence electrons. The van der Waals surface area contributed by atoms with E-state index in [2.05, 4.69) is 29.9 Å². The predicted molar refractivity (Wildman–Crippen MR) is 170 cm³/mol. The highest BCUT2D eigenvalue weighted by Crippen LogP contribution is 2.27. The van der Waals surface area contributed by atoms with Crippen LogP contribution < -0.4 is 0 Å². The molecule has 0 saturated carbocycles. The van der Waals surface area contributed by atoms with E-state index in [1.165, 1.54) is 0 Å². The van der Waals surface area contributed by atoms with Crippen LogP contribution in [-0.2, 0) is 0 Å². The molecule has 2 aromatic heterocycles. The summed E-state index contributed by atoms with van der Waals surface area (Å²) in [6, 6.07) is 35.4. The normalized spacial score (nSPS) is 11.8. The molecule has 0 unspecified atom stereocenters. The Balaban J connectivity index is 1.08. The predicted octanol–water partition coefficient (Wildman–Crippen LogP) is 8.29. The fourth-order valence-corrected chi connectivity index (χ4v) is 4.91. The van der Waals surface area contributed by atoms with E-state index in [-0.39, 0.29) is 5.75 Å². The van der Waals surface area contributed by atoms with Crippen molar-refractivity contribution in [2.45, 2.75) is 6.92 Å². The molecule has 0 atom stereocenters. The van der Waals surface area contributed by atoms with Gasteiger partial charge in [0.05, 0.1) is 33.4 Å². The number of hydrogen-bond acceptors (Lipinski definition) is 5. The van der Waals surface area contributed by atoms with Gasteiger partial charge in [0.2, 0.25) is 0 Å². The summed E-state index contributed by atoms with van der Waals surface area (Å²) in [5.41, 5.74) is 9.62. The number of aromatic hydroxyl groups is 1. The molecule has 2 heterocycles. The van der Waals surface area contributed by atoms with Crippen molar-refractivity contribution in [3.05, 3.63) is 126 Å². The van der Waals surface area contributed by atoms with Crippen LogP contribution in [0, 0.1) is 6.92 Å². The minimum Gasteiger partial charge on any atom is -0.507 e. The lowest BCUT2D eigenvalue weighted by atomic mass is 10.1. The number of phenols is 1. The average molecular weight is 547 g/mol. The molecular weight excluding hydrogens is 520 g/mol. The van der Waals surface area contributed by atoms with Gasteiger partial charge in [-0.05, 0) is 97.4 Å². The van der Waals surface area contributed by atoms with Gasteiger partial charge in [-0.2, -0.15) is 0 Å². The minimum absolute atomic E-state index is 0.130. The molecule has 0 aliphatic heterocycles. The van der Waals surface area contributed by atoms with Crippen LogP contribution in [0.3, 0.4) is 0 Å². The first-order valence-electron chi connectivity index (χ1n) is 13.6. The minimum atomic E-state index is 0.130. The summed E-state index contributed by atoms with van der Waals surface area (Å²) in [5, 5.41) is 11.0. The number of benzene rings is 5. The smallest absolute Gasteiger partial charge is 0.138 e. The number of hydrogen-bond donors (Lipinski definition) is 3. The Morgan fingerprint density at radius 2 is 1.02 bits per heavy atom. The number of imidazole rings is 2. The Bertz CT molecular complexity index is 1890. The summed E-state index contributed by atoms with van der Waals surface area (Å²) in [6.45, 7) is 1.98. The van der Waals surface area contributed by atoms with E-state index < -0.39 is 0 Å². The van der Waals surface area contributed by atoms with Crippen LogP contribution in [0.25, 0.3) is 44.8 Å². The molecule has 0 aliphatic carbocycles. The van der Waals surface area contributed by atoms with Gasteiger partial charge in [-0.1, -0.05) is 24.3 Å². The SMILES string of the molecule is Cc1cc(C=Nc2ccc(-c3nc4ccccc4[nH]3)cc2)c(O)c(C=Nc2ccc(-c3nc4ccccc4[nH]3)cc2)c1. The van der Waals surface area contributed by atoms with Crippen molar-refractivity contribution >= 4 is 45.9 Å². The van der Waals surface area contributed by atoms with Crippen molar-refractivity contribution in [2.75, 3.05) is 0 Å². The van der Waals surface area contributed by atoms with Crippen LogP contribution in [0.2, 0.25) is 0 Å².